The quantitative estimate of drug-likeness (QED) is 0.335. The standard InChI is InChI=1S/C25H19ClN4O/c1-30(2)19-13-9-17(10-14-19)24-28-29-25(31-24)21-15-23(16-7-11-18(26)12-8-16)27-22-6-4-3-5-20(21)22/h3-15H,1-2H3. The van der Waals surface area contributed by atoms with E-state index < -0.39 is 0 Å². The van der Waals surface area contributed by atoms with Gasteiger partial charge in [0.15, 0.2) is 0 Å². The van der Waals surface area contributed by atoms with Gasteiger partial charge in [0.1, 0.15) is 0 Å². The molecular formula is C25H19ClN4O. The van der Waals surface area contributed by atoms with E-state index in [9.17, 15) is 0 Å². The summed E-state index contributed by atoms with van der Waals surface area (Å²) in [7, 11) is 4.01. The second-order valence-electron chi connectivity index (χ2n) is 7.43. The minimum atomic E-state index is 0.459. The zero-order valence-corrected chi connectivity index (χ0v) is 17.8. The lowest BCUT2D eigenvalue weighted by Crippen LogP contribution is -2.07. The van der Waals surface area contributed by atoms with Gasteiger partial charge in [-0.05, 0) is 48.5 Å². The van der Waals surface area contributed by atoms with E-state index in [0.29, 0.717) is 16.8 Å². The van der Waals surface area contributed by atoms with E-state index in [1.165, 1.54) is 0 Å². The average molecular weight is 427 g/mol. The second kappa shape index (κ2) is 7.85. The van der Waals surface area contributed by atoms with Gasteiger partial charge in [-0.2, -0.15) is 0 Å². The molecule has 5 aromatic rings. The lowest BCUT2D eigenvalue weighted by atomic mass is 10.0. The number of para-hydroxylation sites is 1. The highest BCUT2D eigenvalue weighted by molar-refractivity contribution is 6.30. The first kappa shape index (κ1) is 19.3. The van der Waals surface area contributed by atoms with Gasteiger partial charge >= 0.3 is 0 Å². The number of hydrogen-bond donors (Lipinski definition) is 0. The third-order valence-corrected chi connectivity index (χ3v) is 5.39. The fourth-order valence-electron chi connectivity index (χ4n) is 3.47. The molecular weight excluding hydrogens is 408 g/mol. The molecule has 5 rings (SSSR count). The summed E-state index contributed by atoms with van der Waals surface area (Å²) < 4.78 is 6.09. The van der Waals surface area contributed by atoms with Crippen LogP contribution in [0.5, 0.6) is 0 Å². The van der Waals surface area contributed by atoms with Crippen LogP contribution in [0.25, 0.3) is 45.1 Å². The first-order chi connectivity index (χ1) is 15.1. The van der Waals surface area contributed by atoms with Crippen molar-refractivity contribution in [1.82, 2.24) is 15.2 Å². The van der Waals surface area contributed by atoms with Gasteiger partial charge in [0, 0.05) is 41.3 Å². The summed E-state index contributed by atoms with van der Waals surface area (Å²) in [6, 6.07) is 25.6. The number of pyridine rings is 1. The predicted octanol–water partition coefficient (Wildman–Crippen LogP) is 6.34. The first-order valence-corrected chi connectivity index (χ1v) is 10.2. The van der Waals surface area contributed by atoms with Crippen molar-refractivity contribution in [2.75, 3.05) is 19.0 Å². The molecule has 2 heterocycles. The highest BCUT2D eigenvalue weighted by atomic mass is 35.5. The van der Waals surface area contributed by atoms with Crippen LogP contribution in [0, 0.1) is 0 Å². The highest BCUT2D eigenvalue weighted by Gasteiger charge is 2.16. The van der Waals surface area contributed by atoms with Crippen molar-refractivity contribution in [3.05, 3.63) is 83.9 Å². The summed E-state index contributed by atoms with van der Waals surface area (Å²) in [6.45, 7) is 0. The van der Waals surface area contributed by atoms with Crippen molar-refractivity contribution in [2.45, 2.75) is 0 Å². The average Bonchev–Trinajstić information content (AvgIpc) is 3.29. The molecule has 0 unspecified atom stereocenters. The Labute approximate surface area is 184 Å². The molecule has 2 aromatic heterocycles. The SMILES string of the molecule is CN(C)c1ccc(-c2nnc(-c3cc(-c4ccc(Cl)cc4)nc4ccccc34)o2)cc1. The summed E-state index contributed by atoms with van der Waals surface area (Å²) in [4.78, 5) is 6.86. The monoisotopic (exact) mass is 426 g/mol. The van der Waals surface area contributed by atoms with Gasteiger partial charge in [0.25, 0.3) is 0 Å². The van der Waals surface area contributed by atoms with E-state index in [0.717, 1.165) is 39.0 Å². The largest absolute Gasteiger partial charge is 0.416 e. The molecule has 6 heteroatoms. The van der Waals surface area contributed by atoms with Crippen molar-refractivity contribution in [3.63, 3.8) is 0 Å². The van der Waals surface area contributed by atoms with Crippen molar-refractivity contribution in [1.29, 1.82) is 0 Å². The zero-order valence-electron chi connectivity index (χ0n) is 17.1. The molecule has 0 aliphatic heterocycles. The predicted molar refractivity (Wildman–Crippen MR) is 125 cm³/mol. The third-order valence-electron chi connectivity index (χ3n) is 5.14. The van der Waals surface area contributed by atoms with Crippen LogP contribution in [0.2, 0.25) is 5.02 Å². The Hall–Kier alpha value is -3.70. The van der Waals surface area contributed by atoms with Gasteiger partial charge in [-0.3, -0.25) is 0 Å². The lowest BCUT2D eigenvalue weighted by Gasteiger charge is -2.11. The van der Waals surface area contributed by atoms with Crippen molar-refractivity contribution >= 4 is 28.2 Å². The number of rotatable bonds is 4. The number of hydrogen-bond acceptors (Lipinski definition) is 5. The Balaban J connectivity index is 1.60. The molecule has 0 saturated heterocycles. The van der Waals surface area contributed by atoms with Crippen LogP contribution in [-0.2, 0) is 0 Å². The molecule has 0 spiro atoms. The molecule has 31 heavy (non-hydrogen) atoms. The van der Waals surface area contributed by atoms with E-state index in [-0.39, 0.29) is 0 Å². The normalized spacial score (nSPS) is 11.1. The molecule has 0 amide bonds. The van der Waals surface area contributed by atoms with E-state index >= 15 is 0 Å². The molecule has 0 radical (unpaired) electrons. The molecule has 0 atom stereocenters. The van der Waals surface area contributed by atoms with Crippen LogP contribution in [-0.4, -0.2) is 29.3 Å². The van der Waals surface area contributed by atoms with E-state index in [1.807, 2.05) is 97.9 Å². The highest BCUT2D eigenvalue weighted by Crippen LogP contribution is 2.33. The van der Waals surface area contributed by atoms with Gasteiger partial charge in [0.2, 0.25) is 11.8 Å². The number of nitrogens with zero attached hydrogens (tertiary/aromatic N) is 4. The van der Waals surface area contributed by atoms with Gasteiger partial charge in [-0.15, -0.1) is 10.2 Å². The topological polar surface area (TPSA) is 55.1 Å². The van der Waals surface area contributed by atoms with Crippen LogP contribution in [0.3, 0.4) is 0 Å². The third kappa shape index (κ3) is 3.76. The minimum absolute atomic E-state index is 0.459. The van der Waals surface area contributed by atoms with Gasteiger partial charge in [-0.1, -0.05) is 41.9 Å². The molecule has 0 bridgehead atoms. The van der Waals surface area contributed by atoms with E-state index in [4.69, 9.17) is 21.0 Å². The number of fused-ring (bicyclic) bond motifs is 1. The molecule has 0 aliphatic rings. The summed E-state index contributed by atoms with van der Waals surface area (Å²) in [5.41, 5.74) is 5.48. The molecule has 0 aliphatic carbocycles. The van der Waals surface area contributed by atoms with Crippen LogP contribution in [0.15, 0.2) is 83.3 Å². The molecule has 5 nitrogen and oxygen atoms in total. The Morgan fingerprint density at radius 3 is 2.19 bits per heavy atom. The maximum atomic E-state index is 6.09. The van der Waals surface area contributed by atoms with Crippen molar-refractivity contribution in [2.24, 2.45) is 0 Å². The molecule has 0 saturated carbocycles. The van der Waals surface area contributed by atoms with Crippen LogP contribution < -0.4 is 4.90 Å². The van der Waals surface area contributed by atoms with Crippen LogP contribution >= 0.6 is 11.6 Å². The Kier molecular flexibility index (Phi) is 4.88. The first-order valence-electron chi connectivity index (χ1n) is 9.86. The van der Waals surface area contributed by atoms with Gasteiger partial charge in [0.05, 0.1) is 16.8 Å². The van der Waals surface area contributed by atoms with Gasteiger partial charge < -0.3 is 9.32 Å². The number of benzene rings is 3. The maximum absolute atomic E-state index is 6.09. The summed E-state index contributed by atoms with van der Waals surface area (Å²) in [5, 5.41) is 10.3. The fourth-order valence-corrected chi connectivity index (χ4v) is 3.60. The summed E-state index contributed by atoms with van der Waals surface area (Å²) in [6.07, 6.45) is 0. The van der Waals surface area contributed by atoms with Crippen molar-refractivity contribution in [3.8, 4) is 34.2 Å². The Bertz CT molecular complexity index is 1360. The fraction of sp³-hybridized carbons (Fsp3) is 0.0800. The Morgan fingerprint density at radius 2 is 1.45 bits per heavy atom. The second-order valence-corrected chi connectivity index (χ2v) is 7.87. The zero-order chi connectivity index (χ0) is 21.4. The maximum Gasteiger partial charge on any atom is 0.248 e. The Morgan fingerprint density at radius 1 is 0.774 bits per heavy atom. The van der Waals surface area contributed by atoms with Crippen molar-refractivity contribution < 1.29 is 4.42 Å². The molecule has 152 valence electrons. The van der Waals surface area contributed by atoms with Crippen LogP contribution in [0.1, 0.15) is 0 Å². The van der Waals surface area contributed by atoms with Gasteiger partial charge in [-0.25, -0.2) is 4.98 Å². The molecule has 3 aromatic carbocycles. The number of aromatic nitrogens is 3. The van der Waals surface area contributed by atoms with E-state index in [2.05, 4.69) is 10.2 Å². The minimum Gasteiger partial charge on any atom is -0.416 e. The number of halogens is 1. The summed E-state index contributed by atoms with van der Waals surface area (Å²) in [5.74, 6) is 0.940. The lowest BCUT2D eigenvalue weighted by molar-refractivity contribution is 0.585. The van der Waals surface area contributed by atoms with Crippen LogP contribution in [0.4, 0.5) is 5.69 Å². The number of anilines is 1. The molecule has 0 fully saturated rings. The summed E-state index contributed by atoms with van der Waals surface area (Å²) >= 11 is 6.05. The smallest absolute Gasteiger partial charge is 0.248 e. The molecule has 0 N–H and O–H groups in total. The van der Waals surface area contributed by atoms with E-state index in [1.54, 1.807) is 0 Å².